The van der Waals surface area contributed by atoms with Crippen LogP contribution in [-0.4, -0.2) is 18.2 Å². The fourth-order valence-electron chi connectivity index (χ4n) is 1.50. The monoisotopic (exact) mass is 208 g/mol. The first-order valence-corrected chi connectivity index (χ1v) is 4.94. The number of benzene rings is 1. The summed E-state index contributed by atoms with van der Waals surface area (Å²) in [6, 6.07) is 4.71. The van der Waals surface area contributed by atoms with E-state index in [1.807, 2.05) is 0 Å². The van der Waals surface area contributed by atoms with Crippen molar-refractivity contribution in [3.05, 3.63) is 29.3 Å². The number of hydrogen-bond donors (Lipinski definition) is 1. The molecule has 1 aromatic rings. The van der Waals surface area contributed by atoms with E-state index in [9.17, 15) is 9.90 Å². The van der Waals surface area contributed by atoms with Gasteiger partial charge in [-0.2, -0.15) is 0 Å². The molecule has 1 aromatic carbocycles. The average Bonchev–Trinajstić information content (AvgIpc) is 2.16. The molecular weight excluding hydrogens is 192 g/mol. The van der Waals surface area contributed by atoms with Gasteiger partial charge in [-0.05, 0) is 36.1 Å². The number of esters is 1. The van der Waals surface area contributed by atoms with Crippen molar-refractivity contribution in [3.63, 3.8) is 0 Å². The van der Waals surface area contributed by atoms with Crippen LogP contribution in [0.25, 0.3) is 0 Å². The van der Waals surface area contributed by atoms with E-state index in [1.165, 1.54) is 13.2 Å². The predicted octanol–water partition coefficient (Wildman–Crippen LogP) is 2.38. The second-order valence-electron chi connectivity index (χ2n) is 3.93. The second kappa shape index (κ2) is 4.82. The van der Waals surface area contributed by atoms with Gasteiger partial charge in [-0.15, -0.1) is 0 Å². The summed E-state index contributed by atoms with van der Waals surface area (Å²) in [5, 5.41) is 9.35. The van der Waals surface area contributed by atoms with E-state index < -0.39 is 0 Å². The van der Waals surface area contributed by atoms with Crippen LogP contribution < -0.4 is 0 Å². The van der Waals surface area contributed by atoms with Gasteiger partial charge < -0.3 is 9.84 Å². The van der Waals surface area contributed by atoms with Gasteiger partial charge in [-0.1, -0.05) is 13.8 Å². The van der Waals surface area contributed by atoms with Gasteiger partial charge in [-0.25, -0.2) is 4.79 Å². The Hall–Kier alpha value is -1.51. The third-order valence-electron chi connectivity index (χ3n) is 2.12. The standard InChI is InChI=1S/C12H16O3/c1-8(2)6-9-7-10(13)4-5-11(9)12(14)15-3/h4-5,7-8,13H,6H2,1-3H3. The molecular formula is C12H16O3. The summed E-state index contributed by atoms with van der Waals surface area (Å²) < 4.78 is 4.68. The zero-order chi connectivity index (χ0) is 11.4. The SMILES string of the molecule is COC(=O)c1ccc(O)cc1CC(C)C. The summed E-state index contributed by atoms with van der Waals surface area (Å²) in [6.07, 6.45) is 0.749. The molecule has 0 saturated carbocycles. The Morgan fingerprint density at radius 2 is 2.13 bits per heavy atom. The number of ether oxygens (including phenoxy) is 1. The Balaban J connectivity index is 3.08. The highest BCUT2D eigenvalue weighted by Gasteiger charge is 2.13. The van der Waals surface area contributed by atoms with Crippen molar-refractivity contribution in [3.8, 4) is 5.75 Å². The largest absolute Gasteiger partial charge is 0.508 e. The summed E-state index contributed by atoms with van der Waals surface area (Å²) in [5.41, 5.74) is 1.36. The van der Waals surface area contributed by atoms with Crippen LogP contribution in [0.5, 0.6) is 5.75 Å². The van der Waals surface area contributed by atoms with Crippen LogP contribution in [0, 0.1) is 5.92 Å². The van der Waals surface area contributed by atoms with E-state index in [-0.39, 0.29) is 11.7 Å². The summed E-state index contributed by atoms with van der Waals surface area (Å²) in [4.78, 5) is 11.4. The van der Waals surface area contributed by atoms with Gasteiger partial charge in [0.05, 0.1) is 12.7 Å². The minimum Gasteiger partial charge on any atom is -0.508 e. The third-order valence-corrected chi connectivity index (χ3v) is 2.12. The van der Waals surface area contributed by atoms with E-state index in [0.29, 0.717) is 11.5 Å². The van der Waals surface area contributed by atoms with Crippen LogP contribution >= 0.6 is 0 Å². The molecule has 0 aliphatic heterocycles. The van der Waals surface area contributed by atoms with Gasteiger partial charge in [-0.3, -0.25) is 0 Å². The highest BCUT2D eigenvalue weighted by Crippen LogP contribution is 2.20. The number of carbonyl (C=O) groups is 1. The minimum absolute atomic E-state index is 0.179. The number of phenolic OH excluding ortho intramolecular Hbond substituents is 1. The van der Waals surface area contributed by atoms with Crippen LogP contribution in [0.1, 0.15) is 29.8 Å². The summed E-state index contributed by atoms with van der Waals surface area (Å²) in [5.74, 6) is 0.249. The van der Waals surface area contributed by atoms with Crippen LogP contribution in [0.3, 0.4) is 0 Å². The number of rotatable bonds is 3. The van der Waals surface area contributed by atoms with E-state index in [0.717, 1.165) is 12.0 Å². The van der Waals surface area contributed by atoms with Crippen molar-refractivity contribution >= 4 is 5.97 Å². The smallest absolute Gasteiger partial charge is 0.338 e. The lowest BCUT2D eigenvalue weighted by Crippen LogP contribution is -2.07. The average molecular weight is 208 g/mol. The number of carbonyl (C=O) groups excluding carboxylic acids is 1. The summed E-state index contributed by atoms with van der Waals surface area (Å²) >= 11 is 0. The summed E-state index contributed by atoms with van der Waals surface area (Å²) in [6.45, 7) is 4.12. The maximum atomic E-state index is 11.4. The Kier molecular flexibility index (Phi) is 3.72. The molecule has 0 aliphatic carbocycles. The molecule has 82 valence electrons. The van der Waals surface area contributed by atoms with Gasteiger partial charge in [0.2, 0.25) is 0 Å². The number of aromatic hydroxyl groups is 1. The molecule has 0 unspecified atom stereocenters. The predicted molar refractivity (Wildman–Crippen MR) is 58.0 cm³/mol. The van der Waals surface area contributed by atoms with Gasteiger partial charge in [0.25, 0.3) is 0 Å². The molecule has 3 nitrogen and oxygen atoms in total. The molecule has 0 heterocycles. The first-order valence-electron chi connectivity index (χ1n) is 4.94. The molecule has 0 fully saturated rings. The second-order valence-corrected chi connectivity index (χ2v) is 3.93. The maximum Gasteiger partial charge on any atom is 0.338 e. The number of methoxy groups -OCH3 is 1. The highest BCUT2D eigenvalue weighted by molar-refractivity contribution is 5.91. The molecule has 0 atom stereocenters. The van der Waals surface area contributed by atoms with Crippen molar-refractivity contribution in [1.29, 1.82) is 0 Å². The minimum atomic E-state index is -0.356. The van der Waals surface area contributed by atoms with E-state index in [1.54, 1.807) is 12.1 Å². The first kappa shape index (κ1) is 11.6. The van der Waals surface area contributed by atoms with Crippen molar-refractivity contribution in [2.75, 3.05) is 7.11 Å². The molecule has 0 amide bonds. The van der Waals surface area contributed by atoms with Gasteiger partial charge in [0, 0.05) is 0 Å². The molecule has 1 rings (SSSR count). The lowest BCUT2D eigenvalue weighted by molar-refractivity contribution is 0.0599. The van der Waals surface area contributed by atoms with Crippen molar-refractivity contribution < 1.29 is 14.6 Å². The molecule has 0 aromatic heterocycles. The highest BCUT2D eigenvalue weighted by atomic mass is 16.5. The molecule has 15 heavy (non-hydrogen) atoms. The lowest BCUT2D eigenvalue weighted by atomic mass is 9.98. The number of hydrogen-bond acceptors (Lipinski definition) is 3. The van der Waals surface area contributed by atoms with Crippen molar-refractivity contribution in [2.45, 2.75) is 20.3 Å². The lowest BCUT2D eigenvalue weighted by Gasteiger charge is -2.10. The molecule has 0 saturated heterocycles. The molecule has 3 heteroatoms. The zero-order valence-electron chi connectivity index (χ0n) is 9.28. The maximum absolute atomic E-state index is 11.4. The van der Waals surface area contributed by atoms with E-state index in [2.05, 4.69) is 18.6 Å². The van der Waals surface area contributed by atoms with Crippen molar-refractivity contribution in [2.24, 2.45) is 5.92 Å². The topological polar surface area (TPSA) is 46.5 Å². The molecule has 1 N–H and O–H groups in total. The Morgan fingerprint density at radius 1 is 1.47 bits per heavy atom. The molecule has 0 spiro atoms. The van der Waals surface area contributed by atoms with Crippen LogP contribution in [0.2, 0.25) is 0 Å². The fraction of sp³-hybridized carbons (Fsp3) is 0.417. The van der Waals surface area contributed by atoms with Crippen molar-refractivity contribution in [1.82, 2.24) is 0 Å². The van der Waals surface area contributed by atoms with Gasteiger partial charge in [0.15, 0.2) is 0 Å². The van der Waals surface area contributed by atoms with Crippen LogP contribution in [0.4, 0.5) is 0 Å². The molecule has 0 radical (unpaired) electrons. The first-order chi connectivity index (χ1) is 7.04. The Labute approximate surface area is 89.7 Å². The van der Waals surface area contributed by atoms with Crippen LogP contribution in [0.15, 0.2) is 18.2 Å². The Bertz CT molecular complexity index is 356. The molecule has 0 bridgehead atoms. The Morgan fingerprint density at radius 3 is 2.67 bits per heavy atom. The van der Waals surface area contributed by atoms with E-state index >= 15 is 0 Å². The molecule has 0 aliphatic rings. The zero-order valence-corrected chi connectivity index (χ0v) is 9.28. The fourth-order valence-corrected chi connectivity index (χ4v) is 1.50. The number of phenols is 1. The third kappa shape index (κ3) is 2.98. The normalized spacial score (nSPS) is 10.4. The van der Waals surface area contributed by atoms with Crippen LogP contribution in [-0.2, 0) is 11.2 Å². The van der Waals surface area contributed by atoms with Gasteiger partial charge in [0.1, 0.15) is 5.75 Å². The van der Waals surface area contributed by atoms with E-state index in [4.69, 9.17) is 0 Å². The summed E-state index contributed by atoms with van der Waals surface area (Å²) in [7, 11) is 1.36. The quantitative estimate of drug-likeness (QED) is 0.776. The van der Waals surface area contributed by atoms with Gasteiger partial charge >= 0.3 is 5.97 Å².